The van der Waals surface area contributed by atoms with Crippen molar-refractivity contribution in [2.24, 2.45) is 0 Å². The average molecular weight is 417 g/mol. The van der Waals surface area contributed by atoms with Crippen LogP contribution in [0.15, 0.2) is 96.4 Å². The maximum absolute atomic E-state index is 12.6. The van der Waals surface area contributed by atoms with Crippen LogP contribution in [-0.2, 0) is 4.79 Å². The number of nitrogens with one attached hydrogen (secondary N) is 1. The molecule has 7 heteroatoms. The summed E-state index contributed by atoms with van der Waals surface area (Å²) in [5.74, 6) is 1.36. The molecule has 1 atom stereocenters. The van der Waals surface area contributed by atoms with E-state index in [0.29, 0.717) is 16.6 Å². The molecule has 0 bridgehead atoms. The summed E-state index contributed by atoms with van der Waals surface area (Å²) in [4.78, 5) is 12.6. The van der Waals surface area contributed by atoms with Crippen molar-refractivity contribution in [3.05, 3.63) is 91.3 Å². The van der Waals surface area contributed by atoms with Gasteiger partial charge in [0.05, 0.1) is 5.25 Å². The van der Waals surface area contributed by atoms with E-state index in [1.807, 2.05) is 96.4 Å². The van der Waals surface area contributed by atoms with Gasteiger partial charge in [-0.15, -0.1) is 10.2 Å². The number of anilines is 1. The summed E-state index contributed by atoms with van der Waals surface area (Å²) in [6.07, 6.45) is 1.65. The zero-order valence-electron chi connectivity index (χ0n) is 16.3. The molecule has 1 heterocycles. The summed E-state index contributed by atoms with van der Waals surface area (Å²) in [5.41, 5.74) is 1.66. The van der Waals surface area contributed by atoms with Gasteiger partial charge in [-0.3, -0.25) is 9.36 Å². The second kappa shape index (κ2) is 9.28. The zero-order valence-corrected chi connectivity index (χ0v) is 17.1. The van der Waals surface area contributed by atoms with E-state index < -0.39 is 0 Å². The molecule has 0 radical (unpaired) electrons. The fraction of sp³-hybridized carbons (Fsp3) is 0.0870. The van der Waals surface area contributed by atoms with Crippen LogP contribution in [0, 0.1) is 0 Å². The van der Waals surface area contributed by atoms with Gasteiger partial charge in [-0.2, -0.15) is 0 Å². The number of hydrogen-bond acceptors (Lipinski definition) is 5. The molecule has 4 aromatic rings. The van der Waals surface area contributed by atoms with Crippen molar-refractivity contribution in [3.63, 3.8) is 0 Å². The Morgan fingerprint density at radius 1 is 0.933 bits per heavy atom. The molecule has 0 aliphatic heterocycles. The first-order valence-electron chi connectivity index (χ1n) is 9.45. The van der Waals surface area contributed by atoms with Crippen molar-refractivity contribution in [2.45, 2.75) is 17.3 Å². The smallest absolute Gasteiger partial charge is 0.237 e. The van der Waals surface area contributed by atoms with Crippen LogP contribution in [0.5, 0.6) is 11.5 Å². The Hall–Kier alpha value is -3.58. The summed E-state index contributed by atoms with van der Waals surface area (Å²) in [5, 5.41) is 11.4. The van der Waals surface area contributed by atoms with Gasteiger partial charge in [-0.25, -0.2) is 0 Å². The molecule has 6 nitrogen and oxygen atoms in total. The van der Waals surface area contributed by atoms with Crippen LogP contribution in [0.25, 0.3) is 5.69 Å². The van der Waals surface area contributed by atoms with Crippen LogP contribution in [0.1, 0.15) is 6.92 Å². The highest BCUT2D eigenvalue weighted by molar-refractivity contribution is 8.00. The Morgan fingerprint density at radius 2 is 1.57 bits per heavy atom. The normalized spacial score (nSPS) is 11.6. The van der Waals surface area contributed by atoms with Gasteiger partial charge in [0.25, 0.3) is 0 Å². The molecule has 30 heavy (non-hydrogen) atoms. The first kappa shape index (κ1) is 19.7. The van der Waals surface area contributed by atoms with Gasteiger partial charge in [0.2, 0.25) is 5.91 Å². The lowest BCUT2D eigenvalue weighted by Crippen LogP contribution is -2.22. The lowest BCUT2D eigenvalue weighted by Gasteiger charge is -2.13. The van der Waals surface area contributed by atoms with E-state index in [-0.39, 0.29) is 11.2 Å². The maximum atomic E-state index is 12.6. The van der Waals surface area contributed by atoms with Gasteiger partial charge in [0.1, 0.15) is 17.8 Å². The van der Waals surface area contributed by atoms with E-state index in [4.69, 9.17) is 4.74 Å². The number of hydrogen-bond donors (Lipinski definition) is 1. The minimum atomic E-state index is -0.350. The number of para-hydroxylation sites is 2. The monoisotopic (exact) mass is 416 g/mol. The highest BCUT2D eigenvalue weighted by atomic mass is 32.2. The highest BCUT2D eigenvalue weighted by Crippen LogP contribution is 2.26. The van der Waals surface area contributed by atoms with Gasteiger partial charge in [-0.05, 0) is 55.5 Å². The average Bonchev–Trinajstić information content (AvgIpc) is 3.24. The molecular formula is C23H20N4O2S. The Bertz CT molecular complexity index is 1100. The summed E-state index contributed by atoms with van der Waals surface area (Å²) in [6.45, 7) is 1.84. The van der Waals surface area contributed by atoms with Crippen LogP contribution < -0.4 is 10.1 Å². The van der Waals surface area contributed by atoms with Crippen molar-refractivity contribution in [3.8, 4) is 17.2 Å². The van der Waals surface area contributed by atoms with Gasteiger partial charge in [0, 0.05) is 11.4 Å². The molecule has 0 aliphatic carbocycles. The molecule has 150 valence electrons. The van der Waals surface area contributed by atoms with Crippen molar-refractivity contribution in [1.29, 1.82) is 0 Å². The number of amides is 1. The molecule has 0 saturated heterocycles. The molecule has 0 saturated carbocycles. The van der Waals surface area contributed by atoms with E-state index in [0.717, 1.165) is 11.4 Å². The Morgan fingerprint density at radius 3 is 2.27 bits per heavy atom. The van der Waals surface area contributed by atoms with Crippen LogP contribution in [0.3, 0.4) is 0 Å². The van der Waals surface area contributed by atoms with E-state index >= 15 is 0 Å². The molecule has 1 amide bonds. The fourth-order valence-corrected chi connectivity index (χ4v) is 3.60. The topological polar surface area (TPSA) is 69.0 Å². The van der Waals surface area contributed by atoms with Gasteiger partial charge < -0.3 is 10.1 Å². The third-order valence-corrected chi connectivity index (χ3v) is 5.36. The van der Waals surface area contributed by atoms with Crippen molar-refractivity contribution < 1.29 is 9.53 Å². The quantitative estimate of drug-likeness (QED) is 0.421. The minimum absolute atomic E-state index is 0.112. The molecule has 1 N–H and O–H groups in total. The largest absolute Gasteiger partial charge is 0.457 e. The zero-order chi connectivity index (χ0) is 20.8. The van der Waals surface area contributed by atoms with Crippen molar-refractivity contribution in [2.75, 3.05) is 5.32 Å². The SMILES string of the molecule is CC(Sc1nncn1-c1ccccc1)C(=O)Nc1ccc(Oc2ccccc2)cc1. The number of nitrogens with zero attached hydrogens (tertiary/aromatic N) is 3. The summed E-state index contributed by atoms with van der Waals surface area (Å²) >= 11 is 1.36. The molecule has 0 aliphatic rings. The third kappa shape index (κ3) is 4.87. The summed E-state index contributed by atoms with van der Waals surface area (Å²) in [7, 11) is 0. The van der Waals surface area contributed by atoms with Gasteiger partial charge in [0.15, 0.2) is 5.16 Å². The van der Waals surface area contributed by atoms with Crippen LogP contribution in [-0.4, -0.2) is 25.9 Å². The number of thioether (sulfide) groups is 1. The second-order valence-electron chi connectivity index (χ2n) is 6.51. The minimum Gasteiger partial charge on any atom is -0.457 e. The molecule has 0 spiro atoms. The molecule has 3 aromatic carbocycles. The molecule has 1 unspecified atom stereocenters. The Balaban J connectivity index is 1.37. The maximum Gasteiger partial charge on any atom is 0.237 e. The van der Waals surface area contributed by atoms with Crippen LogP contribution in [0.2, 0.25) is 0 Å². The van der Waals surface area contributed by atoms with E-state index in [9.17, 15) is 4.79 Å². The molecule has 4 rings (SSSR count). The van der Waals surface area contributed by atoms with E-state index in [1.54, 1.807) is 6.33 Å². The number of carbonyl (C=O) groups excluding carboxylic acids is 1. The standard InChI is InChI=1S/C23H20N4O2S/c1-17(30-23-26-24-16-27(23)19-8-4-2-5-9-19)22(28)25-18-12-14-21(15-13-18)29-20-10-6-3-7-11-20/h2-17H,1H3,(H,25,28). The van der Waals surface area contributed by atoms with Gasteiger partial charge in [-0.1, -0.05) is 48.2 Å². The lowest BCUT2D eigenvalue weighted by atomic mass is 10.3. The predicted molar refractivity (Wildman–Crippen MR) is 118 cm³/mol. The Kier molecular flexibility index (Phi) is 6.10. The van der Waals surface area contributed by atoms with Crippen LogP contribution in [0.4, 0.5) is 5.69 Å². The van der Waals surface area contributed by atoms with E-state index in [2.05, 4.69) is 15.5 Å². The van der Waals surface area contributed by atoms with Crippen molar-refractivity contribution in [1.82, 2.24) is 14.8 Å². The van der Waals surface area contributed by atoms with Crippen molar-refractivity contribution >= 4 is 23.4 Å². The summed E-state index contributed by atoms with van der Waals surface area (Å²) in [6, 6.07) is 26.6. The first-order valence-corrected chi connectivity index (χ1v) is 10.3. The highest BCUT2D eigenvalue weighted by Gasteiger charge is 2.18. The number of carbonyl (C=O) groups is 1. The number of ether oxygens (including phenoxy) is 1. The molecule has 0 fully saturated rings. The predicted octanol–water partition coefficient (Wildman–Crippen LogP) is 5.18. The number of rotatable bonds is 7. The Labute approximate surface area is 178 Å². The number of benzene rings is 3. The lowest BCUT2D eigenvalue weighted by molar-refractivity contribution is -0.115. The first-order chi connectivity index (χ1) is 14.7. The molecular weight excluding hydrogens is 396 g/mol. The fourth-order valence-electron chi connectivity index (χ4n) is 2.76. The molecule has 1 aromatic heterocycles. The third-order valence-electron chi connectivity index (χ3n) is 4.30. The van der Waals surface area contributed by atoms with Gasteiger partial charge >= 0.3 is 0 Å². The summed E-state index contributed by atoms with van der Waals surface area (Å²) < 4.78 is 7.64. The van der Waals surface area contributed by atoms with Crippen LogP contribution >= 0.6 is 11.8 Å². The second-order valence-corrected chi connectivity index (χ2v) is 7.82. The van der Waals surface area contributed by atoms with E-state index in [1.165, 1.54) is 11.8 Å². The number of aromatic nitrogens is 3.